The van der Waals surface area contributed by atoms with E-state index in [4.69, 9.17) is 5.73 Å². The lowest BCUT2D eigenvalue weighted by atomic mass is 9.68. The second-order valence-corrected chi connectivity index (χ2v) is 5.96. The fraction of sp³-hybridized carbons (Fsp3) is 1.00. The lowest BCUT2D eigenvalue weighted by molar-refractivity contribution is 0.141. The zero-order valence-electron chi connectivity index (χ0n) is 9.64. The van der Waals surface area contributed by atoms with Crippen molar-refractivity contribution in [3.05, 3.63) is 0 Å². The maximum absolute atomic E-state index is 6.15. The van der Waals surface area contributed by atoms with Crippen LogP contribution in [-0.4, -0.2) is 6.04 Å². The van der Waals surface area contributed by atoms with Crippen LogP contribution in [0.1, 0.15) is 53.4 Å². The Bertz CT molecular complexity index is 161. The summed E-state index contributed by atoms with van der Waals surface area (Å²) >= 11 is 0. The van der Waals surface area contributed by atoms with Crippen molar-refractivity contribution < 1.29 is 0 Å². The Labute approximate surface area is 83.1 Å². The van der Waals surface area contributed by atoms with Crippen molar-refractivity contribution in [1.29, 1.82) is 0 Å². The molecular formula is C12H25N. The van der Waals surface area contributed by atoms with Gasteiger partial charge in [0.2, 0.25) is 0 Å². The molecule has 0 saturated heterocycles. The Hall–Kier alpha value is -0.0400. The van der Waals surface area contributed by atoms with Crippen molar-refractivity contribution >= 4 is 0 Å². The summed E-state index contributed by atoms with van der Waals surface area (Å²) in [7, 11) is 0. The first kappa shape index (κ1) is 11.0. The van der Waals surface area contributed by atoms with Gasteiger partial charge in [-0.1, -0.05) is 27.7 Å². The molecule has 13 heavy (non-hydrogen) atoms. The van der Waals surface area contributed by atoms with Gasteiger partial charge in [0.1, 0.15) is 0 Å². The van der Waals surface area contributed by atoms with Crippen LogP contribution in [0.2, 0.25) is 0 Å². The zero-order valence-corrected chi connectivity index (χ0v) is 9.64. The normalized spacial score (nSPS) is 33.7. The van der Waals surface area contributed by atoms with E-state index in [-0.39, 0.29) is 0 Å². The molecular weight excluding hydrogens is 158 g/mol. The summed E-state index contributed by atoms with van der Waals surface area (Å²) in [4.78, 5) is 0. The highest BCUT2D eigenvalue weighted by Crippen LogP contribution is 2.40. The number of nitrogens with two attached hydrogens (primary N) is 1. The van der Waals surface area contributed by atoms with Gasteiger partial charge in [0.15, 0.2) is 0 Å². The monoisotopic (exact) mass is 183 g/mol. The topological polar surface area (TPSA) is 26.0 Å². The van der Waals surface area contributed by atoms with Gasteiger partial charge in [0, 0.05) is 6.04 Å². The molecule has 1 fully saturated rings. The number of hydrogen-bond acceptors (Lipinski definition) is 1. The van der Waals surface area contributed by atoms with Crippen molar-refractivity contribution in [2.24, 2.45) is 23.0 Å². The average Bonchev–Trinajstić information content (AvgIpc) is 1.95. The predicted octanol–water partition coefficient (Wildman–Crippen LogP) is 3.19. The molecule has 0 bridgehead atoms. The summed E-state index contributed by atoms with van der Waals surface area (Å²) in [5, 5.41) is 0. The van der Waals surface area contributed by atoms with Crippen LogP contribution >= 0.6 is 0 Å². The lowest BCUT2D eigenvalue weighted by Crippen LogP contribution is -2.39. The van der Waals surface area contributed by atoms with E-state index in [2.05, 4.69) is 27.7 Å². The molecule has 1 heteroatoms. The van der Waals surface area contributed by atoms with Crippen molar-refractivity contribution in [3.63, 3.8) is 0 Å². The molecule has 1 aliphatic rings. The Morgan fingerprint density at radius 2 is 2.00 bits per heavy atom. The predicted molar refractivity (Wildman–Crippen MR) is 58.6 cm³/mol. The zero-order chi connectivity index (χ0) is 10.1. The van der Waals surface area contributed by atoms with E-state index in [1.807, 2.05) is 0 Å². The first-order chi connectivity index (χ1) is 5.91. The molecule has 1 aliphatic carbocycles. The number of hydrogen-bond donors (Lipinski definition) is 1. The molecule has 0 amide bonds. The number of rotatable bonds is 2. The van der Waals surface area contributed by atoms with E-state index in [1.165, 1.54) is 25.7 Å². The van der Waals surface area contributed by atoms with Crippen LogP contribution in [0, 0.1) is 17.3 Å². The Balaban J connectivity index is 2.50. The largest absolute Gasteiger partial charge is 0.327 e. The van der Waals surface area contributed by atoms with Crippen LogP contribution in [0.3, 0.4) is 0 Å². The minimum atomic E-state index is 0.468. The van der Waals surface area contributed by atoms with Crippen LogP contribution in [0.25, 0.3) is 0 Å². The van der Waals surface area contributed by atoms with Crippen LogP contribution in [0.5, 0.6) is 0 Å². The average molecular weight is 183 g/mol. The maximum Gasteiger partial charge on any atom is 0.00676 e. The van der Waals surface area contributed by atoms with E-state index in [1.54, 1.807) is 0 Å². The smallest absolute Gasteiger partial charge is 0.00676 e. The second-order valence-electron chi connectivity index (χ2n) is 5.96. The van der Waals surface area contributed by atoms with Gasteiger partial charge in [-0.3, -0.25) is 0 Å². The van der Waals surface area contributed by atoms with Gasteiger partial charge in [-0.2, -0.15) is 0 Å². The summed E-state index contributed by atoms with van der Waals surface area (Å²) < 4.78 is 0. The molecule has 0 aromatic heterocycles. The highest BCUT2D eigenvalue weighted by molar-refractivity contribution is 4.87. The van der Waals surface area contributed by atoms with Gasteiger partial charge in [0.25, 0.3) is 0 Å². The van der Waals surface area contributed by atoms with Crippen molar-refractivity contribution in [2.45, 2.75) is 59.4 Å². The molecule has 0 heterocycles. The van der Waals surface area contributed by atoms with E-state index in [0.717, 1.165) is 11.8 Å². The highest BCUT2D eigenvalue weighted by atomic mass is 14.7. The van der Waals surface area contributed by atoms with E-state index in [0.29, 0.717) is 11.5 Å². The third-order valence-corrected chi connectivity index (χ3v) is 3.35. The van der Waals surface area contributed by atoms with E-state index in [9.17, 15) is 0 Å². The van der Waals surface area contributed by atoms with Crippen LogP contribution in [0.15, 0.2) is 0 Å². The summed E-state index contributed by atoms with van der Waals surface area (Å²) in [6, 6.07) is 0.468. The fourth-order valence-corrected chi connectivity index (χ4v) is 2.62. The lowest BCUT2D eigenvalue weighted by Gasteiger charge is -2.40. The Morgan fingerprint density at radius 3 is 2.54 bits per heavy atom. The molecule has 0 radical (unpaired) electrons. The fourth-order valence-electron chi connectivity index (χ4n) is 2.62. The third-order valence-electron chi connectivity index (χ3n) is 3.35. The van der Waals surface area contributed by atoms with E-state index >= 15 is 0 Å². The van der Waals surface area contributed by atoms with Gasteiger partial charge >= 0.3 is 0 Å². The molecule has 0 spiro atoms. The quantitative estimate of drug-likeness (QED) is 0.699. The minimum absolute atomic E-state index is 0.468. The molecule has 2 unspecified atom stereocenters. The summed E-state index contributed by atoms with van der Waals surface area (Å²) in [5.41, 5.74) is 6.69. The highest BCUT2D eigenvalue weighted by Gasteiger charge is 2.32. The summed E-state index contributed by atoms with van der Waals surface area (Å²) in [6.45, 7) is 9.36. The summed E-state index contributed by atoms with van der Waals surface area (Å²) in [5.74, 6) is 1.56. The van der Waals surface area contributed by atoms with Gasteiger partial charge in [-0.05, 0) is 42.9 Å². The van der Waals surface area contributed by atoms with Gasteiger partial charge in [0.05, 0.1) is 0 Å². The minimum Gasteiger partial charge on any atom is -0.327 e. The first-order valence-corrected chi connectivity index (χ1v) is 5.66. The van der Waals surface area contributed by atoms with Gasteiger partial charge in [-0.15, -0.1) is 0 Å². The standard InChI is InChI=1S/C12H25N/c1-9(2)7-10-8-12(3,4)6-5-11(10)13/h9-11H,5-8,13H2,1-4H3. The Morgan fingerprint density at radius 1 is 1.38 bits per heavy atom. The molecule has 1 nitrogen and oxygen atoms in total. The SMILES string of the molecule is CC(C)CC1CC(C)(C)CCC1N. The van der Waals surface area contributed by atoms with Crippen LogP contribution in [0.4, 0.5) is 0 Å². The van der Waals surface area contributed by atoms with Crippen LogP contribution < -0.4 is 5.73 Å². The molecule has 2 N–H and O–H groups in total. The third kappa shape index (κ3) is 3.30. The molecule has 2 atom stereocenters. The molecule has 0 aromatic carbocycles. The maximum atomic E-state index is 6.15. The van der Waals surface area contributed by atoms with Crippen LogP contribution in [-0.2, 0) is 0 Å². The Kier molecular flexibility index (Phi) is 3.39. The second kappa shape index (κ2) is 4.00. The molecule has 0 aliphatic heterocycles. The van der Waals surface area contributed by atoms with Crippen molar-refractivity contribution in [1.82, 2.24) is 0 Å². The molecule has 1 saturated carbocycles. The summed E-state index contributed by atoms with van der Waals surface area (Å²) in [6.07, 6.45) is 5.17. The van der Waals surface area contributed by atoms with Gasteiger partial charge < -0.3 is 5.73 Å². The van der Waals surface area contributed by atoms with Crippen molar-refractivity contribution in [3.8, 4) is 0 Å². The van der Waals surface area contributed by atoms with E-state index < -0.39 is 0 Å². The van der Waals surface area contributed by atoms with Gasteiger partial charge in [-0.25, -0.2) is 0 Å². The molecule has 78 valence electrons. The molecule has 0 aromatic rings. The molecule has 1 rings (SSSR count). The van der Waals surface area contributed by atoms with Crippen molar-refractivity contribution in [2.75, 3.05) is 0 Å². The first-order valence-electron chi connectivity index (χ1n) is 5.66.